The number of ether oxygens (including phenoxy) is 1. The van der Waals surface area contributed by atoms with Crippen molar-refractivity contribution in [1.82, 2.24) is 0 Å². The highest BCUT2D eigenvalue weighted by Crippen LogP contribution is 2.06. The lowest BCUT2D eigenvalue weighted by molar-refractivity contribution is 0.106. The van der Waals surface area contributed by atoms with Crippen molar-refractivity contribution in [1.29, 1.82) is 0 Å². The molecule has 1 N–H and O–H groups in total. The monoisotopic (exact) mass is 170 g/mol. The average molecular weight is 170 g/mol. The minimum atomic E-state index is -0.365. The number of furan rings is 1. The minimum Gasteiger partial charge on any atom is -0.469 e. The van der Waals surface area contributed by atoms with Crippen molar-refractivity contribution in [3.8, 4) is 0 Å². The Kier molecular flexibility index (Phi) is 3.84. The lowest BCUT2D eigenvalue weighted by Gasteiger charge is -2.06. The SMILES string of the molecule is COCCC(O)Cc1ccco1. The molecule has 1 aromatic rings. The Morgan fingerprint density at radius 1 is 1.67 bits per heavy atom. The fourth-order valence-corrected chi connectivity index (χ4v) is 1.02. The van der Waals surface area contributed by atoms with E-state index in [1.165, 1.54) is 0 Å². The summed E-state index contributed by atoms with van der Waals surface area (Å²) in [6, 6.07) is 3.67. The zero-order chi connectivity index (χ0) is 8.81. The molecule has 0 aliphatic rings. The van der Waals surface area contributed by atoms with Crippen molar-refractivity contribution in [2.75, 3.05) is 13.7 Å². The molecular weight excluding hydrogens is 156 g/mol. The van der Waals surface area contributed by atoms with Crippen molar-refractivity contribution < 1.29 is 14.3 Å². The molecule has 0 aliphatic heterocycles. The van der Waals surface area contributed by atoms with E-state index >= 15 is 0 Å². The summed E-state index contributed by atoms with van der Waals surface area (Å²) in [5, 5.41) is 9.41. The van der Waals surface area contributed by atoms with Crippen molar-refractivity contribution in [2.24, 2.45) is 0 Å². The van der Waals surface area contributed by atoms with Crippen LogP contribution in [-0.2, 0) is 11.2 Å². The highest BCUT2D eigenvalue weighted by molar-refractivity contribution is 4.99. The van der Waals surface area contributed by atoms with Gasteiger partial charge in [0.25, 0.3) is 0 Å². The van der Waals surface area contributed by atoms with Crippen LogP contribution in [0.15, 0.2) is 22.8 Å². The molecule has 12 heavy (non-hydrogen) atoms. The third kappa shape index (κ3) is 3.07. The molecule has 3 heteroatoms. The van der Waals surface area contributed by atoms with Crippen molar-refractivity contribution in [3.63, 3.8) is 0 Å². The van der Waals surface area contributed by atoms with Gasteiger partial charge in [0.1, 0.15) is 5.76 Å². The van der Waals surface area contributed by atoms with Gasteiger partial charge in [-0.15, -0.1) is 0 Å². The first-order valence-electron chi connectivity index (χ1n) is 4.02. The first-order chi connectivity index (χ1) is 5.83. The summed E-state index contributed by atoms with van der Waals surface area (Å²) in [6.07, 6.45) is 2.46. The van der Waals surface area contributed by atoms with Crippen molar-refractivity contribution >= 4 is 0 Å². The van der Waals surface area contributed by atoms with Gasteiger partial charge in [0.05, 0.1) is 12.4 Å². The van der Waals surface area contributed by atoms with Gasteiger partial charge >= 0.3 is 0 Å². The summed E-state index contributed by atoms with van der Waals surface area (Å²) in [5.74, 6) is 0.818. The highest BCUT2D eigenvalue weighted by Gasteiger charge is 2.06. The van der Waals surface area contributed by atoms with Crippen LogP contribution in [-0.4, -0.2) is 24.9 Å². The van der Waals surface area contributed by atoms with E-state index in [1.807, 2.05) is 12.1 Å². The minimum absolute atomic E-state index is 0.365. The van der Waals surface area contributed by atoms with Crippen LogP contribution in [0.25, 0.3) is 0 Å². The van der Waals surface area contributed by atoms with E-state index in [9.17, 15) is 5.11 Å². The van der Waals surface area contributed by atoms with Crippen LogP contribution in [0.1, 0.15) is 12.2 Å². The van der Waals surface area contributed by atoms with Gasteiger partial charge in [-0.1, -0.05) is 0 Å². The molecule has 0 amide bonds. The summed E-state index contributed by atoms with van der Waals surface area (Å²) in [7, 11) is 1.62. The molecule has 0 saturated heterocycles. The number of hydrogen-bond acceptors (Lipinski definition) is 3. The first-order valence-corrected chi connectivity index (χ1v) is 4.02. The maximum Gasteiger partial charge on any atom is 0.106 e. The van der Waals surface area contributed by atoms with Gasteiger partial charge in [-0.3, -0.25) is 0 Å². The highest BCUT2D eigenvalue weighted by atomic mass is 16.5. The van der Waals surface area contributed by atoms with Gasteiger partial charge in [0.15, 0.2) is 0 Å². The van der Waals surface area contributed by atoms with E-state index in [0.717, 1.165) is 5.76 Å². The molecule has 0 bridgehead atoms. The number of hydrogen-bond donors (Lipinski definition) is 1. The molecule has 0 saturated carbocycles. The number of rotatable bonds is 5. The van der Waals surface area contributed by atoms with E-state index in [-0.39, 0.29) is 6.10 Å². The fourth-order valence-electron chi connectivity index (χ4n) is 1.02. The number of aliphatic hydroxyl groups excluding tert-OH is 1. The van der Waals surface area contributed by atoms with Crippen LogP contribution in [0.4, 0.5) is 0 Å². The molecule has 1 atom stereocenters. The third-order valence-electron chi connectivity index (χ3n) is 1.67. The third-order valence-corrected chi connectivity index (χ3v) is 1.67. The summed E-state index contributed by atoms with van der Waals surface area (Å²) >= 11 is 0. The second-order valence-electron chi connectivity index (χ2n) is 2.72. The second kappa shape index (κ2) is 4.95. The predicted octanol–water partition coefficient (Wildman–Crippen LogP) is 1.22. The van der Waals surface area contributed by atoms with E-state index in [0.29, 0.717) is 19.4 Å². The Balaban J connectivity index is 2.22. The molecule has 0 aliphatic carbocycles. The van der Waals surface area contributed by atoms with E-state index in [4.69, 9.17) is 9.15 Å². The van der Waals surface area contributed by atoms with Gasteiger partial charge in [-0.2, -0.15) is 0 Å². The van der Waals surface area contributed by atoms with Crippen molar-refractivity contribution in [3.05, 3.63) is 24.2 Å². The maximum absolute atomic E-state index is 9.41. The number of aliphatic hydroxyl groups is 1. The standard InChI is InChI=1S/C9H14O3/c1-11-6-4-8(10)7-9-3-2-5-12-9/h2-3,5,8,10H,4,6-7H2,1H3. The Morgan fingerprint density at radius 3 is 3.08 bits per heavy atom. The largest absolute Gasteiger partial charge is 0.469 e. The van der Waals surface area contributed by atoms with Gasteiger partial charge in [0, 0.05) is 20.1 Å². The van der Waals surface area contributed by atoms with Crippen LogP contribution >= 0.6 is 0 Å². The average Bonchev–Trinajstić information content (AvgIpc) is 2.53. The molecule has 0 spiro atoms. The van der Waals surface area contributed by atoms with Crippen LogP contribution < -0.4 is 0 Å². The zero-order valence-corrected chi connectivity index (χ0v) is 7.19. The molecular formula is C9H14O3. The van der Waals surface area contributed by atoms with Crippen molar-refractivity contribution in [2.45, 2.75) is 18.9 Å². The van der Waals surface area contributed by atoms with Crippen LogP contribution in [0.3, 0.4) is 0 Å². The van der Waals surface area contributed by atoms with E-state index < -0.39 is 0 Å². The zero-order valence-electron chi connectivity index (χ0n) is 7.19. The predicted molar refractivity (Wildman–Crippen MR) is 44.9 cm³/mol. The molecule has 1 unspecified atom stereocenters. The van der Waals surface area contributed by atoms with Crippen LogP contribution in [0.5, 0.6) is 0 Å². The molecule has 0 radical (unpaired) electrons. The van der Waals surface area contributed by atoms with E-state index in [1.54, 1.807) is 13.4 Å². The summed E-state index contributed by atoms with van der Waals surface area (Å²) in [5.41, 5.74) is 0. The van der Waals surface area contributed by atoms with Gasteiger partial charge < -0.3 is 14.3 Å². The first kappa shape index (κ1) is 9.29. The smallest absolute Gasteiger partial charge is 0.106 e. The molecule has 3 nitrogen and oxygen atoms in total. The quantitative estimate of drug-likeness (QED) is 0.722. The summed E-state index contributed by atoms with van der Waals surface area (Å²) in [4.78, 5) is 0. The second-order valence-corrected chi connectivity index (χ2v) is 2.72. The van der Waals surface area contributed by atoms with Gasteiger partial charge in [-0.05, 0) is 18.6 Å². The number of methoxy groups -OCH3 is 1. The Morgan fingerprint density at radius 2 is 2.50 bits per heavy atom. The molecule has 68 valence electrons. The summed E-state index contributed by atoms with van der Waals surface area (Å²) < 4.78 is 9.92. The Bertz CT molecular complexity index is 194. The molecule has 1 aromatic heterocycles. The van der Waals surface area contributed by atoms with Crippen LogP contribution in [0.2, 0.25) is 0 Å². The Labute approximate surface area is 72.0 Å². The topological polar surface area (TPSA) is 42.6 Å². The summed E-state index contributed by atoms with van der Waals surface area (Å²) in [6.45, 7) is 0.585. The molecule has 0 fully saturated rings. The fraction of sp³-hybridized carbons (Fsp3) is 0.556. The van der Waals surface area contributed by atoms with Crippen LogP contribution in [0, 0.1) is 0 Å². The lowest BCUT2D eigenvalue weighted by Crippen LogP contribution is -2.12. The maximum atomic E-state index is 9.41. The van der Waals surface area contributed by atoms with Gasteiger partial charge in [0.2, 0.25) is 0 Å². The molecule has 1 rings (SSSR count). The lowest BCUT2D eigenvalue weighted by atomic mass is 10.1. The molecule has 1 heterocycles. The molecule has 0 aromatic carbocycles. The van der Waals surface area contributed by atoms with E-state index in [2.05, 4.69) is 0 Å². The normalized spacial score (nSPS) is 13.2. The Hall–Kier alpha value is -0.800. The van der Waals surface area contributed by atoms with Gasteiger partial charge in [-0.25, -0.2) is 0 Å².